The van der Waals surface area contributed by atoms with E-state index in [1.54, 1.807) is 13.8 Å². The lowest BCUT2D eigenvalue weighted by atomic mass is 10.0. The molecule has 14 heteroatoms. The van der Waals surface area contributed by atoms with Crippen LogP contribution in [0.2, 0.25) is 0 Å². The molecule has 0 aliphatic heterocycles. The largest absolute Gasteiger partial charge is 0.480 e. The molecule has 0 saturated carbocycles. The van der Waals surface area contributed by atoms with Gasteiger partial charge in [0.1, 0.15) is 18.1 Å². The normalized spacial score (nSPS) is 14.2. The molecule has 37 heavy (non-hydrogen) atoms. The average molecular weight is 530 g/mol. The van der Waals surface area contributed by atoms with Gasteiger partial charge in [0, 0.05) is 6.54 Å². The number of aliphatic imine (C=N–C) groups is 1. The molecule has 0 spiro atoms. The monoisotopic (exact) mass is 529 g/mol. The van der Waals surface area contributed by atoms with Gasteiger partial charge < -0.3 is 49.7 Å². The van der Waals surface area contributed by atoms with Crippen LogP contribution >= 0.6 is 0 Å². The summed E-state index contributed by atoms with van der Waals surface area (Å²) in [5.74, 6) is -3.42. The highest BCUT2D eigenvalue weighted by molar-refractivity contribution is 5.94. The van der Waals surface area contributed by atoms with E-state index in [0.717, 1.165) is 6.42 Å². The highest BCUT2D eigenvalue weighted by Crippen LogP contribution is 2.08. The standard InChI is InChI=1S/C23H47N9O5/c1-14(2)18(22(36)37)32-21(35)17(10-7-13-29-23(27)28)31-20(34)16(9-4-6-12-25)30-19(33)15(26)8-3-5-11-24/h14-18H,3-13,24-26H2,1-2H3,(H,30,33)(H,31,34)(H,32,35)(H,36,37)(H4,27,28,29). The van der Waals surface area contributed by atoms with Crippen LogP contribution in [0.4, 0.5) is 0 Å². The average Bonchev–Trinajstić information content (AvgIpc) is 2.82. The van der Waals surface area contributed by atoms with Crippen LogP contribution in [0.3, 0.4) is 0 Å². The molecule has 0 rings (SSSR count). The van der Waals surface area contributed by atoms with Crippen LogP contribution in [0.15, 0.2) is 4.99 Å². The molecule has 0 aliphatic carbocycles. The van der Waals surface area contributed by atoms with Gasteiger partial charge in [-0.3, -0.25) is 19.4 Å². The maximum atomic E-state index is 13.2. The zero-order valence-electron chi connectivity index (χ0n) is 22.1. The van der Waals surface area contributed by atoms with Crippen LogP contribution in [0, 0.1) is 5.92 Å². The van der Waals surface area contributed by atoms with Crippen LogP contribution < -0.4 is 44.6 Å². The molecule has 0 bridgehead atoms. The molecule has 14 N–H and O–H groups in total. The Bertz CT molecular complexity index is 744. The zero-order chi connectivity index (χ0) is 28.4. The van der Waals surface area contributed by atoms with Crippen molar-refractivity contribution in [3.05, 3.63) is 0 Å². The van der Waals surface area contributed by atoms with E-state index < -0.39 is 47.9 Å². The van der Waals surface area contributed by atoms with Crippen molar-refractivity contribution >= 4 is 29.7 Å². The number of hydrogen-bond donors (Lipinski definition) is 9. The Hall–Kier alpha value is -2.97. The fraction of sp³-hybridized carbons (Fsp3) is 0.783. The Labute approximate surface area is 218 Å². The van der Waals surface area contributed by atoms with Crippen molar-refractivity contribution in [2.75, 3.05) is 19.6 Å². The number of carbonyl (C=O) groups is 4. The number of aliphatic carboxylic acids is 1. The van der Waals surface area contributed by atoms with Crippen LogP contribution in [0.5, 0.6) is 0 Å². The zero-order valence-corrected chi connectivity index (χ0v) is 22.1. The molecule has 0 aromatic carbocycles. The van der Waals surface area contributed by atoms with Gasteiger partial charge in [0.05, 0.1) is 6.04 Å². The lowest BCUT2D eigenvalue weighted by Crippen LogP contribution is -2.57. The minimum absolute atomic E-state index is 0.110. The molecule has 0 fully saturated rings. The Balaban J connectivity index is 5.57. The summed E-state index contributed by atoms with van der Waals surface area (Å²) >= 11 is 0. The summed E-state index contributed by atoms with van der Waals surface area (Å²) in [6.07, 6.45) is 3.79. The van der Waals surface area contributed by atoms with Gasteiger partial charge in [-0.05, 0) is 64.0 Å². The summed E-state index contributed by atoms with van der Waals surface area (Å²) in [5, 5.41) is 17.3. The SMILES string of the molecule is CC(C)C(NC(=O)C(CCCN=C(N)N)NC(=O)C(CCCCN)NC(=O)C(N)CCCCN)C(=O)O. The molecular formula is C23H47N9O5. The fourth-order valence-electron chi connectivity index (χ4n) is 3.49. The van der Waals surface area contributed by atoms with Gasteiger partial charge in [-0.2, -0.15) is 0 Å². The van der Waals surface area contributed by atoms with Crippen molar-refractivity contribution in [1.82, 2.24) is 16.0 Å². The summed E-state index contributed by atoms with van der Waals surface area (Å²) in [7, 11) is 0. The Kier molecular flexibility index (Phi) is 17.6. The quantitative estimate of drug-likeness (QED) is 0.0467. The molecule has 3 amide bonds. The molecule has 214 valence electrons. The Morgan fingerprint density at radius 1 is 0.757 bits per heavy atom. The van der Waals surface area contributed by atoms with Gasteiger partial charge in [-0.15, -0.1) is 0 Å². The first-order chi connectivity index (χ1) is 17.4. The van der Waals surface area contributed by atoms with Gasteiger partial charge in [0.25, 0.3) is 0 Å². The summed E-state index contributed by atoms with van der Waals surface area (Å²) in [6, 6.07) is -3.98. The summed E-state index contributed by atoms with van der Waals surface area (Å²) in [5.41, 5.74) is 27.7. The van der Waals surface area contributed by atoms with Crippen LogP contribution in [0.25, 0.3) is 0 Å². The van der Waals surface area contributed by atoms with Crippen molar-refractivity contribution in [3.63, 3.8) is 0 Å². The number of carboxylic acid groups (broad SMARTS) is 1. The molecule has 4 atom stereocenters. The summed E-state index contributed by atoms with van der Waals surface area (Å²) in [4.78, 5) is 54.2. The first-order valence-electron chi connectivity index (χ1n) is 12.8. The predicted octanol–water partition coefficient (Wildman–Crippen LogP) is -2.18. The molecule has 0 aliphatic rings. The van der Waals surface area contributed by atoms with Gasteiger partial charge in [-0.1, -0.05) is 20.3 Å². The molecule has 0 heterocycles. The second kappa shape index (κ2) is 19.2. The van der Waals surface area contributed by atoms with Gasteiger partial charge >= 0.3 is 5.97 Å². The van der Waals surface area contributed by atoms with Crippen molar-refractivity contribution in [2.45, 2.75) is 89.4 Å². The number of nitrogens with zero attached hydrogens (tertiary/aromatic N) is 1. The number of rotatable bonds is 20. The third-order valence-electron chi connectivity index (χ3n) is 5.69. The third-order valence-corrected chi connectivity index (χ3v) is 5.69. The third kappa shape index (κ3) is 15.0. The number of guanidine groups is 1. The minimum atomic E-state index is -1.19. The lowest BCUT2D eigenvalue weighted by molar-refractivity contribution is -0.143. The second-order valence-electron chi connectivity index (χ2n) is 9.32. The van der Waals surface area contributed by atoms with E-state index in [1.165, 1.54) is 0 Å². The fourth-order valence-corrected chi connectivity index (χ4v) is 3.49. The van der Waals surface area contributed by atoms with Crippen molar-refractivity contribution in [2.24, 2.45) is 39.6 Å². The number of amides is 3. The first kappa shape index (κ1) is 34.0. The summed E-state index contributed by atoms with van der Waals surface area (Å²) < 4.78 is 0. The molecule has 0 saturated heterocycles. The van der Waals surface area contributed by atoms with Gasteiger partial charge in [0.15, 0.2) is 5.96 Å². The van der Waals surface area contributed by atoms with Gasteiger partial charge in [0.2, 0.25) is 17.7 Å². The van der Waals surface area contributed by atoms with E-state index in [-0.39, 0.29) is 31.3 Å². The maximum absolute atomic E-state index is 13.2. The van der Waals surface area contributed by atoms with Crippen molar-refractivity contribution < 1.29 is 24.3 Å². The highest BCUT2D eigenvalue weighted by Gasteiger charge is 2.31. The Morgan fingerprint density at radius 2 is 1.24 bits per heavy atom. The predicted molar refractivity (Wildman–Crippen MR) is 142 cm³/mol. The number of carbonyl (C=O) groups excluding carboxylic acids is 3. The smallest absolute Gasteiger partial charge is 0.326 e. The van der Waals surface area contributed by atoms with Crippen molar-refractivity contribution in [1.29, 1.82) is 0 Å². The lowest BCUT2D eigenvalue weighted by Gasteiger charge is -2.26. The highest BCUT2D eigenvalue weighted by atomic mass is 16.4. The Morgan fingerprint density at radius 3 is 1.73 bits per heavy atom. The second-order valence-corrected chi connectivity index (χ2v) is 9.32. The molecule has 4 unspecified atom stereocenters. The summed E-state index contributed by atoms with van der Waals surface area (Å²) in [6.45, 7) is 4.44. The van der Waals surface area contributed by atoms with Crippen LogP contribution in [-0.2, 0) is 19.2 Å². The number of unbranched alkanes of at least 4 members (excludes halogenated alkanes) is 2. The molecule has 0 aromatic heterocycles. The van der Waals surface area contributed by atoms with E-state index in [1.807, 2.05) is 0 Å². The number of carboxylic acids is 1. The van der Waals surface area contributed by atoms with Crippen LogP contribution in [-0.4, -0.2) is 78.6 Å². The van der Waals surface area contributed by atoms with Crippen LogP contribution in [0.1, 0.15) is 65.2 Å². The number of nitrogens with two attached hydrogens (primary N) is 5. The first-order valence-corrected chi connectivity index (χ1v) is 12.8. The van der Waals surface area contributed by atoms with Crippen molar-refractivity contribution in [3.8, 4) is 0 Å². The molecule has 0 aromatic rings. The minimum Gasteiger partial charge on any atom is -0.480 e. The van der Waals surface area contributed by atoms with Gasteiger partial charge in [-0.25, -0.2) is 4.79 Å². The van der Waals surface area contributed by atoms with E-state index in [2.05, 4.69) is 20.9 Å². The molecule has 14 nitrogen and oxygen atoms in total. The number of nitrogens with one attached hydrogen (secondary N) is 3. The topological polar surface area (TPSA) is 267 Å². The molecular weight excluding hydrogens is 482 g/mol. The number of hydrogen-bond acceptors (Lipinski definition) is 8. The maximum Gasteiger partial charge on any atom is 0.326 e. The van der Waals surface area contributed by atoms with E-state index in [9.17, 15) is 24.3 Å². The van der Waals surface area contributed by atoms with E-state index in [0.29, 0.717) is 45.2 Å². The van der Waals surface area contributed by atoms with E-state index in [4.69, 9.17) is 28.7 Å². The molecule has 0 radical (unpaired) electrons. The van der Waals surface area contributed by atoms with E-state index >= 15 is 0 Å².